The molecule has 2 aromatic carbocycles. The molecule has 3 amide bonds. The van der Waals surface area contributed by atoms with Crippen LogP contribution in [0.5, 0.6) is 0 Å². The van der Waals surface area contributed by atoms with Crippen molar-refractivity contribution in [1.82, 2.24) is 15.2 Å². The van der Waals surface area contributed by atoms with Gasteiger partial charge in [-0.25, -0.2) is 4.79 Å². The van der Waals surface area contributed by atoms with E-state index in [4.69, 9.17) is 4.74 Å². The van der Waals surface area contributed by atoms with Crippen LogP contribution >= 0.6 is 0 Å². The minimum Gasteiger partial charge on any atom is -0.438 e. The van der Waals surface area contributed by atoms with Crippen molar-refractivity contribution in [2.24, 2.45) is 0 Å². The van der Waals surface area contributed by atoms with Gasteiger partial charge in [-0.2, -0.15) is 0 Å². The second-order valence-corrected chi connectivity index (χ2v) is 8.32. The standard InChI is InChI=1S/C27H28N4O4/c1-2-8-23(32)30-21-14-12-20(13-15-21)25-24(26(33)29-17-22-11-6-7-16-28-22)31(27(34)35-25)18-19-9-4-3-5-10-19/h3-7,9-16,24-25H,2,8,17-18H2,1H3,(H,29,33)(H,30,32). The lowest BCUT2D eigenvalue weighted by atomic mass is 10.00. The predicted molar refractivity (Wildman–Crippen MR) is 131 cm³/mol. The highest BCUT2D eigenvalue weighted by molar-refractivity contribution is 5.91. The molecule has 1 saturated heterocycles. The molecule has 1 aliphatic heterocycles. The molecule has 2 N–H and O–H groups in total. The number of nitrogens with one attached hydrogen (secondary N) is 2. The Morgan fingerprint density at radius 1 is 1.00 bits per heavy atom. The highest BCUT2D eigenvalue weighted by Crippen LogP contribution is 2.34. The first-order valence-electron chi connectivity index (χ1n) is 11.6. The molecule has 1 aromatic heterocycles. The molecular formula is C27H28N4O4. The van der Waals surface area contributed by atoms with Gasteiger partial charge >= 0.3 is 6.09 Å². The summed E-state index contributed by atoms with van der Waals surface area (Å²) in [6, 6.07) is 21.1. The molecule has 8 heteroatoms. The van der Waals surface area contributed by atoms with Gasteiger partial charge in [0.25, 0.3) is 0 Å². The summed E-state index contributed by atoms with van der Waals surface area (Å²) in [4.78, 5) is 43.8. The fourth-order valence-corrected chi connectivity index (χ4v) is 3.98. The van der Waals surface area contributed by atoms with E-state index in [0.29, 0.717) is 23.4 Å². The Morgan fingerprint density at radius 3 is 2.43 bits per heavy atom. The number of cyclic esters (lactones) is 1. The fourth-order valence-electron chi connectivity index (χ4n) is 3.98. The van der Waals surface area contributed by atoms with Crippen molar-refractivity contribution in [3.05, 3.63) is 95.8 Å². The lowest BCUT2D eigenvalue weighted by Gasteiger charge is -2.24. The summed E-state index contributed by atoms with van der Waals surface area (Å²) < 4.78 is 5.70. The smallest absolute Gasteiger partial charge is 0.411 e. The first kappa shape index (κ1) is 23.9. The molecule has 0 spiro atoms. The summed E-state index contributed by atoms with van der Waals surface area (Å²) in [5.41, 5.74) is 2.92. The van der Waals surface area contributed by atoms with Gasteiger partial charge in [0.1, 0.15) is 0 Å². The van der Waals surface area contributed by atoms with E-state index in [1.807, 2.05) is 49.4 Å². The Hall–Kier alpha value is -4.20. The van der Waals surface area contributed by atoms with Gasteiger partial charge in [-0.3, -0.25) is 19.5 Å². The molecule has 1 aliphatic rings. The van der Waals surface area contributed by atoms with Crippen molar-refractivity contribution in [2.45, 2.75) is 45.0 Å². The Balaban J connectivity index is 1.56. The predicted octanol–water partition coefficient (Wildman–Crippen LogP) is 4.20. The summed E-state index contributed by atoms with van der Waals surface area (Å²) in [7, 11) is 0. The summed E-state index contributed by atoms with van der Waals surface area (Å²) in [5.74, 6) is -0.392. The number of hydrogen-bond acceptors (Lipinski definition) is 5. The van der Waals surface area contributed by atoms with Crippen LogP contribution in [-0.4, -0.2) is 33.8 Å². The zero-order valence-corrected chi connectivity index (χ0v) is 19.5. The van der Waals surface area contributed by atoms with Crippen molar-refractivity contribution in [3.8, 4) is 0 Å². The zero-order chi connectivity index (χ0) is 24.6. The van der Waals surface area contributed by atoms with Crippen LogP contribution in [0.4, 0.5) is 10.5 Å². The molecule has 0 bridgehead atoms. The average molecular weight is 473 g/mol. The number of carbonyl (C=O) groups excluding carboxylic acids is 3. The SMILES string of the molecule is CCCC(=O)Nc1ccc(C2OC(=O)N(Cc3ccccc3)C2C(=O)NCc2ccccn2)cc1. The molecular weight excluding hydrogens is 444 g/mol. The number of hydrogen-bond donors (Lipinski definition) is 2. The molecule has 1 fully saturated rings. The Bertz CT molecular complexity index is 1150. The number of benzene rings is 2. The number of carbonyl (C=O) groups is 3. The number of amides is 3. The van der Waals surface area contributed by atoms with E-state index in [9.17, 15) is 14.4 Å². The zero-order valence-electron chi connectivity index (χ0n) is 19.5. The molecule has 0 saturated carbocycles. The van der Waals surface area contributed by atoms with Crippen molar-refractivity contribution in [2.75, 3.05) is 5.32 Å². The number of ether oxygens (including phenoxy) is 1. The van der Waals surface area contributed by atoms with Gasteiger partial charge in [0.15, 0.2) is 12.1 Å². The van der Waals surface area contributed by atoms with Gasteiger partial charge < -0.3 is 15.4 Å². The first-order chi connectivity index (χ1) is 17.0. The molecule has 0 radical (unpaired) electrons. The minimum absolute atomic E-state index is 0.0617. The van der Waals surface area contributed by atoms with E-state index in [1.165, 1.54) is 4.90 Å². The Labute approximate surface area is 204 Å². The van der Waals surface area contributed by atoms with Crippen LogP contribution in [0.3, 0.4) is 0 Å². The van der Waals surface area contributed by atoms with Gasteiger partial charge in [-0.15, -0.1) is 0 Å². The van der Waals surface area contributed by atoms with Crippen molar-refractivity contribution >= 4 is 23.6 Å². The van der Waals surface area contributed by atoms with Crippen LogP contribution in [0, 0.1) is 0 Å². The van der Waals surface area contributed by atoms with Gasteiger partial charge in [-0.05, 0) is 41.8 Å². The maximum atomic E-state index is 13.4. The van der Waals surface area contributed by atoms with E-state index in [-0.39, 0.29) is 24.9 Å². The molecule has 2 unspecified atom stereocenters. The second-order valence-electron chi connectivity index (χ2n) is 8.32. The van der Waals surface area contributed by atoms with E-state index in [2.05, 4.69) is 15.6 Å². The van der Waals surface area contributed by atoms with Crippen molar-refractivity contribution < 1.29 is 19.1 Å². The number of aromatic nitrogens is 1. The van der Waals surface area contributed by atoms with E-state index in [0.717, 1.165) is 12.0 Å². The Kier molecular flexibility index (Phi) is 7.72. The topological polar surface area (TPSA) is 101 Å². The number of pyridine rings is 1. The summed E-state index contributed by atoms with van der Waals surface area (Å²) in [6.07, 6.45) is 1.51. The maximum absolute atomic E-state index is 13.4. The number of nitrogens with zero attached hydrogens (tertiary/aromatic N) is 2. The number of rotatable bonds is 9. The molecule has 2 heterocycles. The third-order valence-electron chi connectivity index (χ3n) is 5.72. The summed E-state index contributed by atoms with van der Waals surface area (Å²) in [6.45, 7) is 2.42. The van der Waals surface area contributed by atoms with Gasteiger partial charge in [0.2, 0.25) is 11.8 Å². The molecule has 35 heavy (non-hydrogen) atoms. The minimum atomic E-state index is -0.869. The third kappa shape index (κ3) is 6.03. The van der Waals surface area contributed by atoms with E-state index >= 15 is 0 Å². The second kappa shape index (κ2) is 11.3. The van der Waals surface area contributed by atoms with Crippen LogP contribution in [-0.2, 0) is 27.4 Å². The molecule has 0 aliphatic carbocycles. The molecule has 180 valence electrons. The normalized spacial score (nSPS) is 17.1. The Morgan fingerprint density at radius 2 is 1.74 bits per heavy atom. The maximum Gasteiger partial charge on any atom is 0.411 e. The summed E-state index contributed by atoms with van der Waals surface area (Å²) in [5, 5.41) is 5.74. The lowest BCUT2D eigenvalue weighted by molar-refractivity contribution is -0.126. The molecule has 8 nitrogen and oxygen atoms in total. The van der Waals surface area contributed by atoms with Crippen LogP contribution in [0.2, 0.25) is 0 Å². The van der Waals surface area contributed by atoms with Crippen LogP contribution < -0.4 is 10.6 Å². The van der Waals surface area contributed by atoms with E-state index < -0.39 is 18.2 Å². The van der Waals surface area contributed by atoms with Crippen LogP contribution in [0.25, 0.3) is 0 Å². The highest BCUT2D eigenvalue weighted by atomic mass is 16.6. The third-order valence-corrected chi connectivity index (χ3v) is 5.72. The summed E-state index contributed by atoms with van der Waals surface area (Å²) >= 11 is 0. The fraction of sp³-hybridized carbons (Fsp3) is 0.259. The quantitative estimate of drug-likeness (QED) is 0.486. The molecule has 4 rings (SSSR count). The number of anilines is 1. The first-order valence-corrected chi connectivity index (χ1v) is 11.6. The van der Waals surface area contributed by atoms with Crippen LogP contribution in [0.15, 0.2) is 79.0 Å². The molecule has 2 atom stereocenters. The lowest BCUT2D eigenvalue weighted by Crippen LogP contribution is -2.46. The highest BCUT2D eigenvalue weighted by Gasteiger charge is 2.46. The van der Waals surface area contributed by atoms with Gasteiger partial charge in [0, 0.05) is 18.3 Å². The van der Waals surface area contributed by atoms with E-state index in [1.54, 1.807) is 36.5 Å². The van der Waals surface area contributed by atoms with Crippen molar-refractivity contribution in [1.29, 1.82) is 0 Å². The van der Waals surface area contributed by atoms with Crippen molar-refractivity contribution in [3.63, 3.8) is 0 Å². The van der Waals surface area contributed by atoms with Crippen LogP contribution in [0.1, 0.15) is 42.7 Å². The largest absolute Gasteiger partial charge is 0.438 e. The monoisotopic (exact) mass is 472 g/mol. The van der Waals surface area contributed by atoms with Gasteiger partial charge in [-0.1, -0.05) is 55.5 Å². The average Bonchev–Trinajstić information content (AvgIpc) is 3.20. The van der Waals surface area contributed by atoms with Gasteiger partial charge in [0.05, 0.1) is 18.8 Å². The molecule has 3 aromatic rings.